The molecule has 112 valence electrons. The minimum absolute atomic E-state index is 0.182. The van der Waals surface area contributed by atoms with Crippen molar-refractivity contribution in [1.82, 2.24) is 14.9 Å². The highest BCUT2D eigenvalue weighted by Gasteiger charge is 2.29. The van der Waals surface area contributed by atoms with Gasteiger partial charge < -0.3 is 10.4 Å². The van der Waals surface area contributed by atoms with E-state index in [2.05, 4.69) is 14.9 Å². The average Bonchev–Trinajstić information content (AvgIpc) is 2.97. The van der Waals surface area contributed by atoms with Gasteiger partial charge in [0.05, 0.1) is 17.8 Å². The van der Waals surface area contributed by atoms with Crippen LogP contribution in [0.25, 0.3) is 0 Å². The molecule has 0 saturated carbocycles. The third kappa shape index (κ3) is 3.46. The largest absolute Gasteiger partial charge is 0.394 e. The molecule has 0 saturated heterocycles. The Kier molecular flexibility index (Phi) is 5.03. The van der Waals surface area contributed by atoms with Crippen LogP contribution in [-0.4, -0.2) is 27.2 Å². The molecule has 0 aliphatic carbocycles. The molecule has 0 aliphatic rings. The van der Waals surface area contributed by atoms with E-state index in [1.165, 1.54) is 0 Å². The lowest BCUT2D eigenvalue weighted by Crippen LogP contribution is -2.46. The lowest BCUT2D eigenvalue weighted by atomic mass is 9.93. The smallest absolute Gasteiger partial charge is 0.265 e. The number of nitrogens with one attached hydrogen (secondary N) is 1. The minimum Gasteiger partial charge on any atom is -0.394 e. The molecule has 0 fully saturated rings. The normalized spacial score (nSPS) is 13.7. The molecule has 1 atom stereocenters. The van der Waals surface area contributed by atoms with E-state index in [1.54, 1.807) is 6.92 Å². The molecule has 2 N–H and O–H groups in total. The molecule has 1 aromatic heterocycles. The number of aliphatic hydroxyl groups excluding tert-OH is 1. The van der Waals surface area contributed by atoms with Crippen molar-refractivity contribution in [3.8, 4) is 0 Å². The number of carbonyl (C=O) groups is 1. The highest BCUT2D eigenvalue weighted by molar-refractivity contribution is 7.08. The molecule has 1 heterocycles. The van der Waals surface area contributed by atoms with Crippen LogP contribution in [0.3, 0.4) is 0 Å². The maximum atomic E-state index is 12.5. The van der Waals surface area contributed by atoms with Gasteiger partial charge in [-0.05, 0) is 30.4 Å². The summed E-state index contributed by atoms with van der Waals surface area (Å²) >= 11 is 1.09. The zero-order valence-electron chi connectivity index (χ0n) is 12.2. The number of aliphatic hydroxyl groups is 1. The third-order valence-corrected chi connectivity index (χ3v) is 4.13. The second kappa shape index (κ2) is 6.78. The summed E-state index contributed by atoms with van der Waals surface area (Å²) in [6.07, 6.45) is 1.63. The number of hydrogen-bond donors (Lipinski definition) is 2. The summed E-state index contributed by atoms with van der Waals surface area (Å²) in [5.41, 5.74) is 0.745. The van der Waals surface area contributed by atoms with E-state index in [9.17, 15) is 9.90 Å². The van der Waals surface area contributed by atoms with E-state index < -0.39 is 5.54 Å². The fourth-order valence-electron chi connectivity index (χ4n) is 2.10. The molecule has 0 spiro atoms. The van der Waals surface area contributed by atoms with Gasteiger partial charge in [0.25, 0.3) is 5.91 Å². The van der Waals surface area contributed by atoms with Crippen molar-refractivity contribution in [3.63, 3.8) is 0 Å². The molecule has 5 nitrogen and oxygen atoms in total. The molecular weight excluding hydrogens is 286 g/mol. The zero-order valence-corrected chi connectivity index (χ0v) is 13.0. The molecule has 2 rings (SSSR count). The monoisotopic (exact) mass is 305 g/mol. The summed E-state index contributed by atoms with van der Waals surface area (Å²) in [7, 11) is 0. The summed E-state index contributed by atoms with van der Waals surface area (Å²) in [5, 5.41) is 16.6. The van der Waals surface area contributed by atoms with Crippen LogP contribution in [0.5, 0.6) is 0 Å². The Morgan fingerprint density at radius 3 is 2.71 bits per heavy atom. The van der Waals surface area contributed by atoms with Crippen LogP contribution in [0.2, 0.25) is 0 Å². The summed E-state index contributed by atoms with van der Waals surface area (Å²) in [5.74, 6) is -0.242. The molecule has 21 heavy (non-hydrogen) atoms. The highest BCUT2D eigenvalue weighted by atomic mass is 32.1. The zero-order chi connectivity index (χ0) is 15.3. The first-order valence-corrected chi connectivity index (χ1v) is 7.68. The van der Waals surface area contributed by atoms with Crippen LogP contribution in [0.15, 0.2) is 30.3 Å². The van der Waals surface area contributed by atoms with Crippen LogP contribution in [0.1, 0.15) is 41.2 Å². The Bertz CT molecular complexity index is 600. The van der Waals surface area contributed by atoms with Crippen LogP contribution >= 0.6 is 11.5 Å². The van der Waals surface area contributed by atoms with Gasteiger partial charge >= 0.3 is 0 Å². The summed E-state index contributed by atoms with van der Waals surface area (Å²) in [4.78, 5) is 13.0. The summed E-state index contributed by atoms with van der Waals surface area (Å²) in [6, 6.07) is 9.43. The number of aryl methyl sites for hydroxylation is 1. The van der Waals surface area contributed by atoms with Crippen LogP contribution in [0, 0.1) is 0 Å². The van der Waals surface area contributed by atoms with Crippen molar-refractivity contribution in [2.45, 2.75) is 32.2 Å². The van der Waals surface area contributed by atoms with Crippen LogP contribution in [0.4, 0.5) is 0 Å². The predicted octanol–water partition coefficient (Wildman–Crippen LogP) is 2.13. The van der Waals surface area contributed by atoms with Gasteiger partial charge in [-0.25, -0.2) is 0 Å². The third-order valence-electron chi connectivity index (χ3n) is 3.37. The Balaban J connectivity index is 2.22. The van der Waals surface area contributed by atoms with E-state index in [-0.39, 0.29) is 12.5 Å². The number of aromatic nitrogens is 2. The Morgan fingerprint density at radius 1 is 1.38 bits per heavy atom. The van der Waals surface area contributed by atoms with Gasteiger partial charge in [-0.15, -0.1) is 5.10 Å². The lowest BCUT2D eigenvalue weighted by molar-refractivity contribution is 0.0852. The Labute approximate surface area is 128 Å². The topological polar surface area (TPSA) is 75.1 Å². The fraction of sp³-hybridized carbons (Fsp3) is 0.400. The molecule has 1 unspecified atom stereocenters. The number of nitrogens with zero attached hydrogens (tertiary/aromatic N) is 2. The van der Waals surface area contributed by atoms with E-state index in [0.717, 1.165) is 29.9 Å². The first-order valence-electron chi connectivity index (χ1n) is 6.91. The second-order valence-corrected chi connectivity index (χ2v) is 5.86. The van der Waals surface area contributed by atoms with Crippen molar-refractivity contribution in [2.75, 3.05) is 6.61 Å². The van der Waals surface area contributed by atoms with Gasteiger partial charge in [0.2, 0.25) is 0 Å². The molecule has 1 amide bonds. The van der Waals surface area contributed by atoms with Crippen LogP contribution in [-0.2, 0) is 12.0 Å². The summed E-state index contributed by atoms with van der Waals surface area (Å²) in [6.45, 7) is 3.65. The van der Waals surface area contributed by atoms with Crippen LogP contribution < -0.4 is 5.32 Å². The second-order valence-electron chi connectivity index (χ2n) is 5.11. The van der Waals surface area contributed by atoms with Gasteiger partial charge in [0.15, 0.2) is 0 Å². The molecule has 6 heteroatoms. The number of hydrogen-bond acceptors (Lipinski definition) is 5. The predicted molar refractivity (Wildman–Crippen MR) is 82.3 cm³/mol. The van der Waals surface area contributed by atoms with Gasteiger partial charge in [0, 0.05) is 0 Å². The Morgan fingerprint density at radius 2 is 2.10 bits per heavy atom. The van der Waals surface area contributed by atoms with Crippen molar-refractivity contribution in [3.05, 3.63) is 46.5 Å². The maximum absolute atomic E-state index is 12.5. The first-order chi connectivity index (χ1) is 10.1. The molecule has 2 aromatic rings. The average molecular weight is 305 g/mol. The lowest BCUT2D eigenvalue weighted by Gasteiger charge is -2.29. The number of carbonyl (C=O) groups excluding carboxylic acids is 1. The molecule has 0 bridgehead atoms. The summed E-state index contributed by atoms with van der Waals surface area (Å²) < 4.78 is 3.86. The van der Waals surface area contributed by atoms with E-state index in [0.29, 0.717) is 10.6 Å². The minimum atomic E-state index is -0.828. The standard InChI is InChI=1S/C15H19N3O2S/c1-3-7-12-13(21-18-17-12)14(20)16-15(2,10-19)11-8-5-4-6-9-11/h4-6,8-9,19H,3,7,10H2,1-2H3,(H,16,20). The number of rotatable bonds is 6. The van der Waals surface area contributed by atoms with Crippen molar-refractivity contribution >= 4 is 17.4 Å². The Hall–Kier alpha value is -1.79. The molecule has 1 aromatic carbocycles. The molecule has 0 aliphatic heterocycles. The van der Waals surface area contributed by atoms with Gasteiger partial charge in [-0.2, -0.15) is 0 Å². The molecule has 0 radical (unpaired) electrons. The van der Waals surface area contributed by atoms with E-state index in [1.807, 2.05) is 37.3 Å². The SMILES string of the molecule is CCCc1nnsc1C(=O)NC(C)(CO)c1ccccc1. The van der Waals surface area contributed by atoms with Gasteiger partial charge in [-0.1, -0.05) is 48.2 Å². The molecular formula is C15H19N3O2S. The van der Waals surface area contributed by atoms with Crippen molar-refractivity contribution in [2.24, 2.45) is 0 Å². The number of benzene rings is 1. The van der Waals surface area contributed by atoms with Crippen molar-refractivity contribution in [1.29, 1.82) is 0 Å². The van der Waals surface area contributed by atoms with Gasteiger partial charge in [0.1, 0.15) is 4.88 Å². The first kappa shape index (κ1) is 15.6. The maximum Gasteiger partial charge on any atom is 0.265 e. The van der Waals surface area contributed by atoms with E-state index >= 15 is 0 Å². The van der Waals surface area contributed by atoms with E-state index in [4.69, 9.17) is 0 Å². The highest BCUT2D eigenvalue weighted by Crippen LogP contribution is 2.22. The quantitative estimate of drug-likeness (QED) is 0.857. The van der Waals surface area contributed by atoms with Gasteiger partial charge in [-0.3, -0.25) is 4.79 Å². The number of amides is 1. The fourth-order valence-corrected chi connectivity index (χ4v) is 2.70. The van der Waals surface area contributed by atoms with Crippen molar-refractivity contribution < 1.29 is 9.90 Å².